The minimum absolute atomic E-state index is 0.0760. The molecule has 0 amide bonds. The van der Waals surface area contributed by atoms with Gasteiger partial charge >= 0.3 is 13.3 Å². The molecule has 0 fully saturated rings. The van der Waals surface area contributed by atoms with E-state index in [1.807, 2.05) is 0 Å². The Balaban J connectivity index is 3.19. The van der Waals surface area contributed by atoms with Gasteiger partial charge in [-0.15, -0.1) is 0 Å². The van der Waals surface area contributed by atoms with E-state index in [-0.39, 0.29) is 6.61 Å². The molecule has 1 atom stereocenters. The molecule has 0 aromatic rings. The van der Waals surface area contributed by atoms with Crippen molar-refractivity contribution in [3.05, 3.63) is 9.66 Å². The van der Waals surface area contributed by atoms with Gasteiger partial charge in [-0.2, -0.15) is 8.78 Å². The lowest BCUT2D eigenvalue weighted by atomic mass is 10.1. The van der Waals surface area contributed by atoms with Gasteiger partial charge in [-0.25, -0.2) is 0 Å². The average Bonchev–Trinajstić information content (AvgIpc) is 2.00. The summed E-state index contributed by atoms with van der Waals surface area (Å²) in [6, 6.07) is 0. The Labute approximate surface area is 101 Å². The molecule has 0 spiro atoms. The summed E-state index contributed by atoms with van der Waals surface area (Å²) in [4.78, 5) is 0. The SMILES string of the molecule is CCOP1(=O)OC(C)(C)C(I)=CC1(F)F. The molecule has 15 heavy (non-hydrogen) atoms. The predicted molar refractivity (Wildman–Crippen MR) is 61.4 cm³/mol. The second kappa shape index (κ2) is 4.05. The Kier molecular flexibility index (Phi) is 3.66. The van der Waals surface area contributed by atoms with Crippen molar-refractivity contribution in [1.82, 2.24) is 0 Å². The molecule has 0 aromatic carbocycles. The van der Waals surface area contributed by atoms with Crippen LogP contribution in [0.25, 0.3) is 0 Å². The molecule has 7 heteroatoms. The van der Waals surface area contributed by atoms with Crippen molar-refractivity contribution in [3.8, 4) is 0 Å². The third kappa shape index (κ3) is 2.43. The van der Waals surface area contributed by atoms with Crippen LogP contribution in [0.4, 0.5) is 8.78 Å². The summed E-state index contributed by atoms with van der Waals surface area (Å²) in [5.41, 5.74) is -4.54. The van der Waals surface area contributed by atoms with E-state index in [0.717, 1.165) is 0 Å². The highest BCUT2D eigenvalue weighted by Gasteiger charge is 2.58. The molecule has 3 nitrogen and oxygen atoms in total. The zero-order valence-corrected chi connectivity index (χ0v) is 11.6. The zero-order chi connectivity index (χ0) is 11.9. The predicted octanol–water partition coefficient (Wildman–Crippen LogP) is 3.94. The van der Waals surface area contributed by atoms with Crippen LogP contribution in [0.3, 0.4) is 0 Å². The van der Waals surface area contributed by atoms with Crippen molar-refractivity contribution in [3.63, 3.8) is 0 Å². The fourth-order valence-corrected chi connectivity index (χ4v) is 3.69. The van der Waals surface area contributed by atoms with Gasteiger partial charge in [0, 0.05) is 9.66 Å². The van der Waals surface area contributed by atoms with E-state index in [4.69, 9.17) is 4.52 Å². The van der Waals surface area contributed by atoms with Gasteiger partial charge in [-0.3, -0.25) is 9.09 Å². The fraction of sp³-hybridized carbons (Fsp3) is 0.750. The summed E-state index contributed by atoms with van der Waals surface area (Å²) in [6.45, 7) is 4.57. The van der Waals surface area contributed by atoms with E-state index in [2.05, 4.69) is 4.52 Å². The molecule has 1 aliphatic rings. The van der Waals surface area contributed by atoms with Crippen LogP contribution in [0, 0.1) is 0 Å². The van der Waals surface area contributed by atoms with Crippen LogP contribution < -0.4 is 0 Å². The molecule has 0 aromatic heterocycles. The average molecular weight is 352 g/mol. The molecule has 0 N–H and O–H groups in total. The molecule has 0 saturated carbocycles. The van der Waals surface area contributed by atoms with Gasteiger partial charge in [-0.1, -0.05) is 0 Å². The van der Waals surface area contributed by atoms with Crippen LogP contribution in [-0.2, 0) is 13.6 Å². The highest BCUT2D eigenvalue weighted by molar-refractivity contribution is 14.1. The van der Waals surface area contributed by atoms with E-state index in [0.29, 0.717) is 9.66 Å². The number of halogens is 3. The summed E-state index contributed by atoms with van der Waals surface area (Å²) in [7, 11) is -4.39. The maximum atomic E-state index is 13.4. The summed E-state index contributed by atoms with van der Waals surface area (Å²) >= 11 is 1.75. The topological polar surface area (TPSA) is 35.5 Å². The second-order valence-electron chi connectivity index (χ2n) is 3.60. The first-order chi connectivity index (χ1) is 6.65. The Hall–Kier alpha value is 0.480. The van der Waals surface area contributed by atoms with Crippen LogP contribution in [0.15, 0.2) is 9.66 Å². The maximum absolute atomic E-state index is 13.4. The van der Waals surface area contributed by atoms with E-state index < -0.39 is 18.9 Å². The minimum atomic E-state index is -4.39. The molecule has 0 bridgehead atoms. The Morgan fingerprint density at radius 2 is 2.13 bits per heavy atom. The minimum Gasteiger partial charge on any atom is -0.304 e. The van der Waals surface area contributed by atoms with Crippen LogP contribution >= 0.6 is 30.2 Å². The standard InChI is InChI=1S/C8H12F2IO3P/c1-4-13-15(12)8(9,10)5-6(11)7(2,3)14-15/h5H,4H2,1-3H3. The van der Waals surface area contributed by atoms with Gasteiger partial charge in [-0.05, 0) is 43.4 Å². The molecule has 0 saturated heterocycles. The quantitative estimate of drug-likeness (QED) is 0.558. The van der Waals surface area contributed by atoms with Crippen molar-refractivity contribution in [1.29, 1.82) is 0 Å². The van der Waals surface area contributed by atoms with Crippen LogP contribution in [0.5, 0.6) is 0 Å². The lowest BCUT2D eigenvalue weighted by Gasteiger charge is -2.37. The van der Waals surface area contributed by atoms with Crippen molar-refractivity contribution in [2.24, 2.45) is 0 Å². The lowest BCUT2D eigenvalue weighted by molar-refractivity contribution is 0.0295. The number of alkyl halides is 2. The lowest BCUT2D eigenvalue weighted by Crippen LogP contribution is -2.34. The largest absolute Gasteiger partial charge is 0.404 e. The summed E-state index contributed by atoms with van der Waals surface area (Å²) in [5, 5.41) is 0. The van der Waals surface area contributed by atoms with Crippen LogP contribution in [0.2, 0.25) is 0 Å². The Morgan fingerprint density at radius 1 is 1.60 bits per heavy atom. The molecular weight excluding hydrogens is 340 g/mol. The van der Waals surface area contributed by atoms with E-state index >= 15 is 0 Å². The Morgan fingerprint density at radius 3 is 2.60 bits per heavy atom. The highest BCUT2D eigenvalue weighted by Crippen LogP contribution is 2.68. The summed E-state index contributed by atoms with van der Waals surface area (Å²) in [5.74, 6) is 0. The van der Waals surface area contributed by atoms with E-state index in [9.17, 15) is 13.3 Å². The summed E-state index contributed by atoms with van der Waals surface area (Å²) < 4.78 is 48.5. The number of rotatable bonds is 2. The third-order valence-electron chi connectivity index (χ3n) is 1.89. The zero-order valence-electron chi connectivity index (χ0n) is 8.59. The number of hydrogen-bond donors (Lipinski definition) is 0. The van der Waals surface area contributed by atoms with Crippen molar-refractivity contribution < 1.29 is 22.4 Å². The number of allylic oxidation sites excluding steroid dienone is 1. The molecule has 1 rings (SSSR count). The van der Waals surface area contributed by atoms with Crippen LogP contribution in [0.1, 0.15) is 20.8 Å². The molecule has 0 aliphatic carbocycles. The van der Waals surface area contributed by atoms with E-state index in [1.165, 1.54) is 6.92 Å². The smallest absolute Gasteiger partial charge is 0.304 e. The molecule has 1 heterocycles. The van der Waals surface area contributed by atoms with Gasteiger partial charge in [0.2, 0.25) is 0 Å². The van der Waals surface area contributed by atoms with Gasteiger partial charge in [0.1, 0.15) is 5.60 Å². The molecule has 88 valence electrons. The van der Waals surface area contributed by atoms with Crippen molar-refractivity contribution in [2.45, 2.75) is 32.0 Å². The maximum Gasteiger partial charge on any atom is 0.404 e. The van der Waals surface area contributed by atoms with Crippen molar-refractivity contribution in [2.75, 3.05) is 6.61 Å². The second-order valence-corrected chi connectivity index (χ2v) is 6.79. The van der Waals surface area contributed by atoms with Crippen LogP contribution in [-0.4, -0.2) is 17.9 Å². The van der Waals surface area contributed by atoms with Gasteiger partial charge in [0.15, 0.2) is 0 Å². The molecule has 0 radical (unpaired) electrons. The molecular formula is C8H12F2IO3P. The summed E-state index contributed by atoms with van der Waals surface area (Å²) in [6.07, 6.45) is 0.660. The first kappa shape index (κ1) is 13.5. The van der Waals surface area contributed by atoms with Gasteiger partial charge < -0.3 is 4.52 Å². The van der Waals surface area contributed by atoms with Crippen molar-refractivity contribution >= 4 is 30.2 Å². The first-order valence-electron chi connectivity index (χ1n) is 4.37. The Bertz CT molecular complexity index is 341. The van der Waals surface area contributed by atoms with Gasteiger partial charge in [0.25, 0.3) is 0 Å². The normalized spacial score (nSPS) is 33.6. The fourth-order valence-electron chi connectivity index (χ4n) is 1.09. The van der Waals surface area contributed by atoms with Gasteiger partial charge in [0.05, 0.1) is 6.61 Å². The highest BCUT2D eigenvalue weighted by atomic mass is 127. The number of hydrogen-bond acceptors (Lipinski definition) is 3. The third-order valence-corrected chi connectivity index (χ3v) is 5.65. The monoisotopic (exact) mass is 352 g/mol. The van der Waals surface area contributed by atoms with E-state index in [1.54, 1.807) is 36.4 Å². The molecule has 1 aliphatic heterocycles. The first-order valence-corrected chi connectivity index (χ1v) is 6.99. The molecule has 1 unspecified atom stereocenters.